The standard InChI is InChI=1S/C14H12ClN3S/c15-13-5-4-12(19-13)14(18-16)10-3-1-2-9-6-7-17-8-11(9)10/h1-8,14,18H,16H2. The number of nitrogens with one attached hydrogen (secondary N) is 1. The number of rotatable bonds is 3. The molecule has 96 valence electrons. The number of hydrazine groups is 1. The molecular formula is C14H12ClN3S. The molecule has 3 nitrogen and oxygen atoms in total. The molecule has 0 saturated carbocycles. The molecule has 3 rings (SSSR count). The highest BCUT2D eigenvalue weighted by Gasteiger charge is 2.16. The number of hydrogen-bond acceptors (Lipinski definition) is 4. The summed E-state index contributed by atoms with van der Waals surface area (Å²) in [4.78, 5) is 5.28. The summed E-state index contributed by atoms with van der Waals surface area (Å²) >= 11 is 7.53. The number of fused-ring (bicyclic) bond motifs is 1. The lowest BCUT2D eigenvalue weighted by Crippen LogP contribution is -2.28. The van der Waals surface area contributed by atoms with E-state index in [2.05, 4.69) is 22.5 Å². The van der Waals surface area contributed by atoms with E-state index in [4.69, 9.17) is 17.4 Å². The van der Waals surface area contributed by atoms with E-state index in [1.54, 1.807) is 6.20 Å². The number of halogens is 1. The van der Waals surface area contributed by atoms with Crippen molar-refractivity contribution in [1.82, 2.24) is 10.4 Å². The normalized spacial score (nSPS) is 12.7. The molecule has 0 bridgehead atoms. The summed E-state index contributed by atoms with van der Waals surface area (Å²) in [5, 5.41) is 2.24. The van der Waals surface area contributed by atoms with Crippen molar-refractivity contribution in [1.29, 1.82) is 0 Å². The number of pyridine rings is 1. The highest BCUT2D eigenvalue weighted by molar-refractivity contribution is 7.16. The molecule has 0 aliphatic carbocycles. The summed E-state index contributed by atoms with van der Waals surface area (Å²) in [5.41, 5.74) is 3.97. The summed E-state index contributed by atoms with van der Waals surface area (Å²) in [7, 11) is 0. The fourth-order valence-corrected chi connectivity index (χ4v) is 3.34. The molecule has 3 N–H and O–H groups in total. The number of nitrogens with two attached hydrogens (primary N) is 1. The second kappa shape index (κ2) is 5.27. The number of thiophene rings is 1. The lowest BCUT2D eigenvalue weighted by atomic mass is 10.00. The van der Waals surface area contributed by atoms with Crippen molar-refractivity contribution in [3.05, 3.63) is 63.6 Å². The van der Waals surface area contributed by atoms with Gasteiger partial charge in [-0.3, -0.25) is 10.8 Å². The minimum absolute atomic E-state index is 0.0783. The maximum atomic E-state index is 6.00. The molecular weight excluding hydrogens is 278 g/mol. The third-order valence-electron chi connectivity index (χ3n) is 3.07. The van der Waals surface area contributed by atoms with Crippen LogP contribution in [0.5, 0.6) is 0 Å². The Morgan fingerprint density at radius 2 is 2.11 bits per heavy atom. The van der Waals surface area contributed by atoms with Crippen LogP contribution in [0.15, 0.2) is 48.8 Å². The first-order valence-corrected chi connectivity index (χ1v) is 7.03. The fraction of sp³-hybridized carbons (Fsp3) is 0.0714. The minimum Gasteiger partial charge on any atom is -0.271 e. The molecule has 0 saturated heterocycles. The first kappa shape index (κ1) is 12.6. The Bertz CT molecular complexity index is 705. The van der Waals surface area contributed by atoms with Gasteiger partial charge in [0, 0.05) is 22.7 Å². The molecule has 1 atom stereocenters. The molecule has 1 aromatic carbocycles. The van der Waals surface area contributed by atoms with Crippen LogP contribution in [0.4, 0.5) is 0 Å². The predicted molar refractivity (Wildman–Crippen MR) is 80.2 cm³/mol. The summed E-state index contributed by atoms with van der Waals surface area (Å²) in [6.07, 6.45) is 3.66. The molecule has 0 amide bonds. The quantitative estimate of drug-likeness (QED) is 0.573. The van der Waals surface area contributed by atoms with Crippen LogP contribution in [0.3, 0.4) is 0 Å². The van der Waals surface area contributed by atoms with E-state index in [9.17, 15) is 0 Å². The SMILES string of the molecule is NNC(c1ccc(Cl)s1)c1cccc2ccncc12. The highest BCUT2D eigenvalue weighted by Crippen LogP contribution is 2.33. The van der Waals surface area contributed by atoms with Crippen molar-refractivity contribution >= 4 is 33.7 Å². The maximum absolute atomic E-state index is 6.00. The molecule has 1 unspecified atom stereocenters. The second-order valence-corrected chi connectivity index (χ2v) is 5.93. The third-order valence-corrected chi connectivity index (χ3v) is 4.37. The van der Waals surface area contributed by atoms with Gasteiger partial charge in [0.2, 0.25) is 0 Å². The van der Waals surface area contributed by atoms with Crippen LogP contribution in [0, 0.1) is 0 Å². The van der Waals surface area contributed by atoms with Gasteiger partial charge in [0.15, 0.2) is 0 Å². The van der Waals surface area contributed by atoms with Crippen LogP contribution in [0.1, 0.15) is 16.5 Å². The highest BCUT2D eigenvalue weighted by atomic mass is 35.5. The zero-order valence-corrected chi connectivity index (χ0v) is 11.6. The van der Waals surface area contributed by atoms with Crippen LogP contribution in [-0.4, -0.2) is 4.98 Å². The first-order chi connectivity index (χ1) is 9.29. The van der Waals surface area contributed by atoms with Crippen molar-refractivity contribution in [2.24, 2.45) is 5.84 Å². The van der Waals surface area contributed by atoms with Gasteiger partial charge >= 0.3 is 0 Å². The molecule has 0 fully saturated rings. The van der Waals surface area contributed by atoms with Gasteiger partial charge in [-0.2, -0.15) is 0 Å². The summed E-state index contributed by atoms with van der Waals surface area (Å²) < 4.78 is 0.758. The third kappa shape index (κ3) is 2.35. The lowest BCUT2D eigenvalue weighted by Gasteiger charge is -2.16. The Kier molecular flexibility index (Phi) is 3.48. The molecule has 2 aromatic heterocycles. The van der Waals surface area contributed by atoms with E-state index in [1.165, 1.54) is 11.3 Å². The lowest BCUT2D eigenvalue weighted by molar-refractivity contribution is 0.650. The van der Waals surface area contributed by atoms with Gasteiger partial charge < -0.3 is 0 Å². The molecule has 0 aliphatic heterocycles. The molecule has 0 aliphatic rings. The summed E-state index contributed by atoms with van der Waals surface area (Å²) in [6, 6.07) is 11.9. The molecule has 2 heterocycles. The smallest absolute Gasteiger partial charge is 0.0931 e. The monoisotopic (exact) mass is 289 g/mol. The first-order valence-electron chi connectivity index (χ1n) is 5.83. The summed E-state index contributed by atoms with van der Waals surface area (Å²) in [6.45, 7) is 0. The average molecular weight is 290 g/mol. The minimum atomic E-state index is -0.0783. The Balaban J connectivity index is 2.16. The topological polar surface area (TPSA) is 50.9 Å². The van der Waals surface area contributed by atoms with E-state index in [-0.39, 0.29) is 6.04 Å². The van der Waals surface area contributed by atoms with Crippen molar-refractivity contribution in [2.75, 3.05) is 0 Å². The molecule has 0 spiro atoms. The number of nitrogens with zero attached hydrogens (tertiary/aromatic N) is 1. The van der Waals surface area contributed by atoms with Crippen LogP contribution in [0.25, 0.3) is 10.8 Å². The van der Waals surface area contributed by atoms with Gasteiger partial charge in [0.05, 0.1) is 10.4 Å². The van der Waals surface area contributed by atoms with Crippen molar-refractivity contribution in [2.45, 2.75) is 6.04 Å². The zero-order chi connectivity index (χ0) is 13.2. The average Bonchev–Trinajstić information content (AvgIpc) is 2.86. The van der Waals surface area contributed by atoms with E-state index >= 15 is 0 Å². The largest absolute Gasteiger partial charge is 0.271 e. The maximum Gasteiger partial charge on any atom is 0.0931 e. The van der Waals surface area contributed by atoms with E-state index in [1.807, 2.05) is 30.5 Å². The van der Waals surface area contributed by atoms with Gasteiger partial charge in [-0.1, -0.05) is 29.8 Å². The fourth-order valence-electron chi connectivity index (χ4n) is 2.20. The summed E-state index contributed by atoms with van der Waals surface area (Å²) in [5.74, 6) is 5.73. The number of aromatic nitrogens is 1. The molecule has 3 aromatic rings. The van der Waals surface area contributed by atoms with Crippen LogP contribution < -0.4 is 11.3 Å². The molecule has 5 heteroatoms. The number of benzene rings is 1. The van der Waals surface area contributed by atoms with Gasteiger partial charge in [0.25, 0.3) is 0 Å². The molecule has 19 heavy (non-hydrogen) atoms. The van der Waals surface area contributed by atoms with Crippen molar-refractivity contribution in [3.8, 4) is 0 Å². The predicted octanol–water partition coefficient (Wildman–Crippen LogP) is 3.50. The van der Waals surface area contributed by atoms with E-state index in [0.717, 1.165) is 25.5 Å². The molecule has 0 radical (unpaired) electrons. The van der Waals surface area contributed by atoms with Crippen molar-refractivity contribution < 1.29 is 0 Å². The van der Waals surface area contributed by atoms with Crippen LogP contribution in [-0.2, 0) is 0 Å². The van der Waals surface area contributed by atoms with Gasteiger partial charge in [-0.15, -0.1) is 11.3 Å². The zero-order valence-electron chi connectivity index (χ0n) is 10.0. The van der Waals surface area contributed by atoms with Crippen LogP contribution in [0.2, 0.25) is 4.34 Å². The Morgan fingerprint density at radius 3 is 2.84 bits per heavy atom. The Morgan fingerprint density at radius 1 is 1.21 bits per heavy atom. The van der Waals surface area contributed by atoms with Gasteiger partial charge in [-0.25, -0.2) is 5.43 Å². The number of hydrogen-bond donors (Lipinski definition) is 2. The van der Waals surface area contributed by atoms with Crippen molar-refractivity contribution in [3.63, 3.8) is 0 Å². The second-order valence-electron chi connectivity index (χ2n) is 4.19. The van der Waals surface area contributed by atoms with E-state index < -0.39 is 0 Å². The van der Waals surface area contributed by atoms with E-state index in [0.29, 0.717) is 0 Å². The Labute approximate surface area is 120 Å². The van der Waals surface area contributed by atoms with Gasteiger partial charge in [0.1, 0.15) is 0 Å². The Hall–Kier alpha value is -1.46. The van der Waals surface area contributed by atoms with Gasteiger partial charge in [-0.05, 0) is 29.1 Å². The van der Waals surface area contributed by atoms with Crippen LogP contribution >= 0.6 is 22.9 Å².